The summed E-state index contributed by atoms with van der Waals surface area (Å²) >= 11 is 0. The summed E-state index contributed by atoms with van der Waals surface area (Å²) in [6, 6.07) is 12.4. The monoisotopic (exact) mass is 572 g/mol. The molecule has 0 amide bonds. The van der Waals surface area contributed by atoms with Crippen LogP contribution in [-0.2, 0) is 0 Å². The molecule has 42 heavy (non-hydrogen) atoms. The van der Waals surface area contributed by atoms with Gasteiger partial charge in [0.05, 0.1) is 35.8 Å². The molecule has 3 aromatic heterocycles. The molecule has 0 radical (unpaired) electrons. The number of fused-ring (bicyclic) bond motifs is 2. The number of ether oxygens (including phenoxy) is 3. The highest BCUT2D eigenvalue weighted by Crippen LogP contribution is 2.41. The fraction of sp³-hybridized carbons (Fsp3) is 0.276. The Hall–Kier alpha value is -5.09. The van der Waals surface area contributed by atoms with Gasteiger partial charge in [-0.3, -0.25) is 4.98 Å². The van der Waals surface area contributed by atoms with Gasteiger partial charge in [-0.25, -0.2) is 23.3 Å². The molecule has 6 rings (SSSR count). The van der Waals surface area contributed by atoms with Gasteiger partial charge in [-0.05, 0) is 37.7 Å². The molecular formula is C29H26F2N8O3. The topological polar surface area (TPSA) is 123 Å². The van der Waals surface area contributed by atoms with Crippen LogP contribution < -0.4 is 19.5 Å². The average Bonchev–Trinajstić information content (AvgIpc) is 3.43. The zero-order valence-electron chi connectivity index (χ0n) is 23.0. The van der Waals surface area contributed by atoms with Crippen molar-refractivity contribution in [3.63, 3.8) is 0 Å². The van der Waals surface area contributed by atoms with Crippen molar-refractivity contribution in [3.05, 3.63) is 66.4 Å². The molecule has 0 unspecified atom stereocenters. The number of nitrogens with one attached hydrogen (secondary N) is 1. The number of halogens is 2. The number of hydrogen-bond acceptors (Lipinski definition) is 10. The van der Waals surface area contributed by atoms with Crippen LogP contribution in [0, 0.1) is 18.3 Å². The van der Waals surface area contributed by atoms with E-state index in [1.807, 2.05) is 13.0 Å². The number of pyridine rings is 1. The minimum atomic E-state index is -3.07. The van der Waals surface area contributed by atoms with Crippen LogP contribution in [0.2, 0.25) is 0 Å². The third kappa shape index (κ3) is 5.19. The Balaban J connectivity index is 1.36. The number of rotatable bonds is 7. The van der Waals surface area contributed by atoms with Crippen molar-refractivity contribution in [2.75, 3.05) is 32.6 Å². The smallest absolute Gasteiger partial charge is 0.296 e. The summed E-state index contributed by atoms with van der Waals surface area (Å²) in [5, 5.41) is 17.7. The van der Waals surface area contributed by atoms with Gasteiger partial charge in [0.25, 0.3) is 5.92 Å². The number of nitriles is 1. The number of anilines is 2. The van der Waals surface area contributed by atoms with Gasteiger partial charge in [-0.2, -0.15) is 10.4 Å². The number of aryl methyl sites for hydroxylation is 1. The van der Waals surface area contributed by atoms with E-state index in [1.165, 1.54) is 30.5 Å². The number of nitrogens with zero attached hydrogens (tertiary/aromatic N) is 7. The van der Waals surface area contributed by atoms with Gasteiger partial charge in [0.1, 0.15) is 36.0 Å². The van der Waals surface area contributed by atoms with E-state index in [0.29, 0.717) is 51.8 Å². The Labute approximate surface area is 239 Å². The molecule has 1 aliphatic heterocycles. The standard InChI is InChI=1S/C29H26F2N8O3/c1-17-8-19(4-5-22(17)42-26-11-25-34-15-36-39(25)16-35-26)37-28-18(12-32)13-33-21-9-20(40-3)10-23(27(21)28)41-24-6-7-38(2)14-29(24,30)31/h4-5,8-11,13,15-16,24H,6-7,14H2,1-3H3,(H,33,37)/t24-/m1/s1. The maximum absolute atomic E-state index is 15.0. The molecule has 1 atom stereocenters. The number of piperidine rings is 1. The van der Waals surface area contributed by atoms with Gasteiger partial charge in [0.2, 0.25) is 5.88 Å². The second-order valence-electron chi connectivity index (χ2n) is 10.1. The molecule has 0 bridgehead atoms. The maximum Gasteiger partial charge on any atom is 0.296 e. The predicted octanol–water partition coefficient (Wildman–Crippen LogP) is 5.12. The number of hydrogen-bond donors (Lipinski definition) is 1. The van der Waals surface area contributed by atoms with E-state index in [1.54, 1.807) is 42.3 Å². The largest absolute Gasteiger partial charge is 0.497 e. The lowest BCUT2D eigenvalue weighted by Gasteiger charge is -2.36. The Bertz CT molecular complexity index is 1840. The van der Waals surface area contributed by atoms with E-state index >= 15 is 0 Å². The highest BCUT2D eigenvalue weighted by molar-refractivity contribution is 6.01. The predicted molar refractivity (Wildman–Crippen MR) is 150 cm³/mol. The van der Waals surface area contributed by atoms with Crippen molar-refractivity contribution in [3.8, 4) is 29.2 Å². The van der Waals surface area contributed by atoms with Crippen LogP contribution in [0.1, 0.15) is 17.5 Å². The molecule has 1 saturated heterocycles. The van der Waals surface area contributed by atoms with Crippen LogP contribution >= 0.6 is 0 Å². The molecule has 1 fully saturated rings. The number of likely N-dealkylation sites (tertiary alicyclic amines) is 1. The van der Waals surface area contributed by atoms with E-state index < -0.39 is 18.6 Å². The average molecular weight is 573 g/mol. The number of aromatic nitrogens is 5. The third-order valence-electron chi connectivity index (χ3n) is 7.06. The van der Waals surface area contributed by atoms with E-state index in [4.69, 9.17) is 14.2 Å². The zero-order valence-corrected chi connectivity index (χ0v) is 23.0. The Morgan fingerprint density at radius 3 is 2.74 bits per heavy atom. The molecule has 0 aliphatic carbocycles. The highest BCUT2D eigenvalue weighted by atomic mass is 19.3. The van der Waals surface area contributed by atoms with Crippen LogP contribution in [0.15, 0.2) is 55.2 Å². The first-order valence-corrected chi connectivity index (χ1v) is 13.1. The van der Waals surface area contributed by atoms with E-state index in [0.717, 1.165) is 5.56 Å². The number of alkyl halides is 2. The molecular weight excluding hydrogens is 546 g/mol. The first kappa shape index (κ1) is 27.1. The maximum atomic E-state index is 15.0. The minimum Gasteiger partial charge on any atom is -0.497 e. The molecule has 11 nitrogen and oxygen atoms in total. The minimum absolute atomic E-state index is 0.135. The number of methoxy groups -OCH3 is 1. The fourth-order valence-corrected chi connectivity index (χ4v) is 4.94. The lowest BCUT2D eigenvalue weighted by Crippen LogP contribution is -2.52. The van der Waals surface area contributed by atoms with Crippen molar-refractivity contribution in [1.82, 2.24) is 29.5 Å². The first-order valence-electron chi connectivity index (χ1n) is 13.1. The third-order valence-corrected chi connectivity index (χ3v) is 7.06. The van der Waals surface area contributed by atoms with Gasteiger partial charge < -0.3 is 24.4 Å². The number of benzene rings is 2. The van der Waals surface area contributed by atoms with Crippen molar-refractivity contribution >= 4 is 27.9 Å². The van der Waals surface area contributed by atoms with Crippen LogP contribution in [0.4, 0.5) is 20.2 Å². The SMILES string of the molecule is COc1cc(O[C@@H]2CCN(C)CC2(F)F)c2c(Nc3ccc(Oc4cc5ncnn5cn4)c(C)c3)c(C#N)cnc2c1. The molecule has 4 heterocycles. The lowest BCUT2D eigenvalue weighted by molar-refractivity contribution is -0.134. The van der Waals surface area contributed by atoms with Gasteiger partial charge in [-0.15, -0.1) is 0 Å². The molecule has 13 heteroatoms. The van der Waals surface area contributed by atoms with Crippen LogP contribution in [0.25, 0.3) is 16.6 Å². The molecule has 214 valence electrons. The summed E-state index contributed by atoms with van der Waals surface area (Å²) in [7, 11) is 3.13. The quantitative estimate of drug-likeness (QED) is 0.281. The van der Waals surface area contributed by atoms with Crippen molar-refractivity contribution in [2.45, 2.75) is 25.4 Å². The molecule has 1 aliphatic rings. The first-order chi connectivity index (χ1) is 20.2. The summed E-state index contributed by atoms with van der Waals surface area (Å²) in [5.41, 5.74) is 3.03. The Morgan fingerprint density at radius 1 is 1.12 bits per heavy atom. The summed E-state index contributed by atoms with van der Waals surface area (Å²) in [4.78, 5) is 14.4. The van der Waals surface area contributed by atoms with E-state index in [-0.39, 0.29) is 17.7 Å². The summed E-state index contributed by atoms with van der Waals surface area (Å²) in [6.07, 6.45) is 3.14. The second-order valence-corrected chi connectivity index (χ2v) is 10.1. The molecule has 5 aromatic rings. The van der Waals surface area contributed by atoms with Gasteiger partial charge in [0, 0.05) is 43.0 Å². The van der Waals surface area contributed by atoms with Gasteiger partial charge >= 0.3 is 0 Å². The van der Waals surface area contributed by atoms with E-state index in [2.05, 4.69) is 31.4 Å². The van der Waals surface area contributed by atoms with Crippen molar-refractivity contribution in [2.24, 2.45) is 0 Å². The summed E-state index contributed by atoms with van der Waals surface area (Å²) in [6.45, 7) is 1.92. The van der Waals surface area contributed by atoms with E-state index in [9.17, 15) is 14.0 Å². The summed E-state index contributed by atoms with van der Waals surface area (Å²) < 4.78 is 48.9. The van der Waals surface area contributed by atoms with Crippen LogP contribution in [0.5, 0.6) is 23.1 Å². The van der Waals surface area contributed by atoms with Crippen molar-refractivity contribution < 1.29 is 23.0 Å². The van der Waals surface area contributed by atoms with Crippen LogP contribution in [0.3, 0.4) is 0 Å². The highest BCUT2D eigenvalue weighted by Gasteiger charge is 2.45. The Kier molecular flexibility index (Phi) is 6.91. The fourth-order valence-electron chi connectivity index (χ4n) is 4.94. The zero-order chi connectivity index (χ0) is 29.4. The molecule has 1 N–H and O–H groups in total. The molecule has 0 spiro atoms. The summed E-state index contributed by atoms with van der Waals surface area (Å²) in [5.74, 6) is -1.61. The normalized spacial score (nSPS) is 16.7. The second kappa shape index (κ2) is 10.7. The van der Waals surface area contributed by atoms with Crippen molar-refractivity contribution in [1.29, 1.82) is 5.26 Å². The van der Waals surface area contributed by atoms with Crippen LogP contribution in [-0.4, -0.2) is 68.7 Å². The van der Waals surface area contributed by atoms with Gasteiger partial charge in [-0.1, -0.05) is 0 Å². The molecule has 2 aromatic carbocycles. The van der Waals surface area contributed by atoms with Gasteiger partial charge in [0.15, 0.2) is 11.8 Å². The lowest BCUT2D eigenvalue weighted by atomic mass is 10.0. The molecule has 0 saturated carbocycles. The Morgan fingerprint density at radius 2 is 1.98 bits per heavy atom.